The van der Waals surface area contributed by atoms with Crippen LogP contribution in [0.2, 0.25) is 0 Å². The first kappa shape index (κ1) is 24.8. The number of anilines is 2. The maximum atomic E-state index is 10.0. The molecule has 3 N–H and O–H groups in total. The van der Waals surface area contributed by atoms with E-state index >= 15 is 0 Å². The summed E-state index contributed by atoms with van der Waals surface area (Å²) < 4.78 is 0. The Morgan fingerprint density at radius 3 is 2.30 bits per heavy atom. The molecular formula is C28H40N4O. The fourth-order valence-electron chi connectivity index (χ4n) is 4.33. The monoisotopic (exact) mass is 448 g/mol. The summed E-state index contributed by atoms with van der Waals surface area (Å²) in [5.41, 5.74) is 4.62. The zero-order valence-electron chi connectivity index (χ0n) is 21.1. The molecule has 5 nitrogen and oxygen atoms in total. The van der Waals surface area contributed by atoms with Gasteiger partial charge in [-0.25, -0.2) is 4.98 Å². The fourth-order valence-corrected chi connectivity index (χ4v) is 4.33. The first-order chi connectivity index (χ1) is 15.8. The third-order valence-electron chi connectivity index (χ3n) is 5.84. The van der Waals surface area contributed by atoms with Crippen LogP contribution in [-0.4, -0.2) is 34.8 Å². The maximum absolute atomic E-state index is 10.0. The predicted octanol–water partition coefficient (Wildman–Crippen LogP) is 6.24. The summed E-state index contributed by atoms with van der Waals surface area (Å²) in [5, 5.41) is 18.3. The Bertz CT molecular complexity index is 1030. The van der Waals surface area contributed by atoms with Gasteiger partial charge in [0.2, 0.25) is 0 Å². The summed E-state index contributed by atoms with van der Waals surface area (Å²) >= 11 is 0. The van der Waals surface area contributed by atoms with Gasteiger partial charge in [0.15, 0.2) is 0 Å². The molecule has 4 rings (SSSR count). The molecule has 0 radical (unpaired) electrons. The molecule has 3 aromatic rings. The quantitative estimate of drug-likeness (QED) is 0.431. The molecule has 0 spiro atoms. The maximum Gasteiger partial charge on any atom is 0.129 e. The SMILES string of the molecule is CC.Cc1ccc(CNc2cc(N3CCC(NC(C)(C)C)CC3)c3ccc(O)cc3n2)cc1. The average molecular weight is 449 g/mol. The lowest BCUT2D eigenvalue weighted by Gasteiger charge is -2.37. The molecule has 178 valence electrons. The second-order valence-corrected chi connectivity index (χ2v) is 9.72. The van der Waals surface area contributed by atoms with Crippen LogP contribution >= 0.6 is 0 Å². The van der Waals surface area contributed by atoms with Gasteiger partial charge in [-0.2, -0.15) is 0 Å². The van der Waals surface area contributed by atoms with Crippen LogP contribution in [0, 0.1) is 6.92 Å². The molecule has 1 aromatic heterocycles. The molecule has 0 amide bonds. The smallest absolute Gasteiger partial charge is 0.129 e. The van der Waals surface area contributed by atoms with E-state index in [2.05, 4.69) is 73.6 Å². The van der Waals surface area contributed by atoms with Crippen LogP contribution in [0.25, 0.3) is 10.9 Å². The van der Waals surface area contributed by atoms with E-state index in [1.165, 1.54) is 16.8 Å². The molecule has 0 unspecified atom stereocenters. The van der Waals surface area contributed by atoms with Crippen LogP contribution in [0.1, 0.15) is 58.6 Å². The normalized spacial score (nSPS) is 14.7. The van der Waals surface area contributed by atoms with Crippen LogP contribution < -0.4 is 15.5 Å². The Morgan fingerprint density at radius 1 is 1.00 bits per heavy atom. The molecule has 1 fully saturated rings. The van der Waals surface area contributed by atoms with E-state index in [-0.39, 0.29) is 11.3 Å². The number of hydrogen-bond donors (Lipinski definition) is 3. The highest BCUT2D eigenvalue weighted by atomic mass is 16.3. The first-order valence-electron chi connectivity index (χ1n) is 12.2. The number of aromatic hydroxyl groups is 1. The molecule has 1 aliphatic heterocycles. The van der Waals surface area contributed by atoms with Crippen molar-refractivity contribution in [3.05, 3.63) is 59.7 Å². The molecule has 33 heavy (non-hydrogen) atoms. The molecular weight excluding hydrogens is 408 g/mol. The lowest BCUT2D eigenvalue weighted by atomic mass is 9.99. The summed E-state index contributed by atoms with van der Waals surface area (Å²) in [4.78, 5) is 7.23. The van der Waals surface area contributed by atoms with Gasteiger partial charge in [0.25, 0.3) is 0 Å². The molecule has 2 aromatic carbocycles. The van der Waals surface area contributed by atoms with Crippen molar-refractivity contribution in [3.8, 4) is 5.75 Å². The highest BCUT2D eigenvalue weighted by Gasteiger charge is 2.24. The van der Waals surface area contributed by atoms with E-state index in [9.17, 15) is 5.11 Å². The number of aryl methyl sites for hydroxylation is 1. The molecule has 0 aliphatic carbocycles. The Hall–Kier alpha value is -2.79. The van der Waals surface area contributed by atoms with Gasteiger partial charge >= 0.3 is 0 Å². The number of rotatable bonds is 5. The number of nitrogens with zero attached hydrogens (tertiary/aromatic N) is 2. The van der Waals surface area contributed by atoms with Gasteiger partial charge in [-0.15, -0.1) is 0 Å². The highest BCUT2D eigenvalue weighted by molar-refractivity contribution is 5.94. The van der Waals surface area contributed by atoms with Gasteiger partial charge < -0.3 is 20.6 Å². The number of pyridine rings is 1. The standard InChI is InChI=1S/C26H34N4O.C2H6/c1-18-5-7-19(8-6-18)17-27-25-16-24(22-10-9-21(31)15-23(22)28-25)30-13-11-20(12-14-30)29-26(2,3)4;1-2/h5-10,15-16,20,29,31H,11-14,17H2,1-4H3,(H,27,28);1-2H3. The first-order valence-corrected chi connectivity index (χ1v) is 12.2. The van der Waals surface area contributed by atoms with Gasteiger partial charge in [-0.05, 0) is 58.2 Å². The lowest BCUT2D eigenvalue weighted by Crippen LogP contribution is -2.49. The minimum atomic E-state index is 0.140. The average Bonchev–Trinajstić information content (AvgIpc) is 2.79. The number of hydrogen-bond acceptors (Lipinski definition) is 5. The summed E-state index contributed by atoms with van der Waals surface area (Å²) in [6.45, 7) is 15.5. The third-order valence-corrected chi connectivity index (χ3v) is 5.84. The van der Waals surface area contributed by atoms with Crippen LogP contribution in [-0.2, 0) is 6.54 Å². The Labute approximate surface area is 199 Å². The molecule has 0 saturated carbocycles. The van der Waals surface area contributed by atoms with Crippen LogP contribution in [0.5, 0.6) is 5.75 Å². The summed E-state index contributed by atoms with van der Waals surface area (Å²) in [6, 6.07) is 16.7. The van der Waals surface area contributed by atoms with Crippen molar-refractivity contribution in [2.24, 2.45) is 0 Å². The van der Waals surface area contributed by atoms with Crippen molar-refractivity contribution in [1.29, 1.82) is 0 Å². The lowest BCUT2D eigenvalue weighted by molar-refractivity contribution is 0.317. The number of nitrogens with one attached hydrogen (secondary N) is 2. The highest BCUT2D eigenvalue weighted by Crippen LogP contribution is 2.33. The minimum Gasteiger partial charge on any atom is -0.508 e. The van der Waals surface area contributed by atoms with E-state index in [4.69, 9.17) is 4.98 Å². The van der Waals surface area contributed by atoms with Crippen LogP contribution in [0.15, 0.2) is 48.5 Å². The zero-order chi connectivity index (χ0) is 24.0. The number of phenolic OH excluding ortho intramolecular Hbond substituents is 1. The van der Waals surface area contributed by atoms with Gasteiger partial charge in [-0.3, -0.25) is 0 Å². The Kier molecular flexibility index (Phi) is 8.20. The fraction of sp³-hybridized carbons (Fsp3) is 0.464. The van der Waals surface area contributed by atoms with Crippen molar-refractivity contribution in [2.75, 3.05) is 23.3 Å². The number of aromatic nitrogens is 1. The second-order valence-electron chi connectivity index (χ2n) is 9.72. The zero-order valence-corrected chi connectivity index (χ0v) is 21.1. The van der Waals surface area contributed by atoms with E-state index in [0.717, 1.165) is 42.7 Å². The Morgan fingerprint density at radius 2 is 1.67 bits per heavy atom. The number of benzene rings is 2. The van der Waals surface area contributed by atoms with E-state index < -0.39 is 0 Å². The molecule has 2 heterocycles. The predicted molar refractivity (Wildman–Crippen MR) is 141 cm³/mol. The van der Waals surface area contributed by atoms with Crippen molar-refractivity contribution < 1.29 is 5.11 Å². The van der Waals surface area contributed by atoms with Crippen molar-refractivity contribution in [2.45, 2.75) is 72.5 Å². The van der Waals surface area contributed by atoms with Gasteiger partial charge in [0, 0.05) is 54.4 Å². The molecule has 0 bridgehead atoms. The van der Waals surface area contributed by atoms with Crippen LogP contribution in [0.3, 0.4) is 0 Å². The largest absolute Gasteiger partial charge is 0.508 e. The minimum absolute atomic E-state index is 0.140. The van der Waals surface area contributed by atoms with Crippen molar-refractivity contribution in [3.63, 3.8) is 0 Å². The van der Waals surface area contributed by atoms with E-state index in [1.54, 1.807) is 12.1 Å². The van der Waals surface area contributed by atoms with Gasteiger partial charge in [0.1, 0.15) is 11.6 Å². The number of fused-ring (bicyclic) bond motifs is 1. The molecule has 1 saturated heterocycles. The summed E-state index contributed by atoms with van der Waals surface area (Å²) in [7, 11) is 0. The molecule has 5 heteroatoms. The molecule has 0 atom stereocenters. The third kappa shape index (κ3) is 6.84. The summed E-state index contributed by atoms with van der Waals surface area (Å²) in [5.74, 6) is 1.08. The van der Waals surface area contributed by atoms with Gasteiger partial charge in [-0.1, -0.05) is 43.7 Å². The Balaban J connectivity index is 0.00000149. The van der Waals surface area contributed by atoms with Crippen LogP contribution in [0.4, 0.5) is 11.5 Å². The van der Waals surface area contributed by atoms with E-state index in [1.807, 2.05) is 19.9 Å². The van der Waals surface area contributed by atoms with Crippen molar-refractivity contribution >= 4 is 22.4 Å². The topological polar surface area (TPSA) is 60.4 Å². The second kappa shape index (κ2) is 10.9. The number of piperidine rings is 1. The number of phenols is 1. The van der Waals surface area contributed by atoms with Crippen molar-refractivity contribution in [1.82, 2.24) is 10.3 Å². The summed E-state index contributed by atoms with van der Waals surface area (Å²) in [6.07, 6.45) is 2.23. The van der Waals surface area contributed by atoms with Gasteiger partial charge in [0.05, 0.1) is 5.52 Å². The van der Waals surface area contributed by atoms with E-state index in [0.29, 0.717) is 12.6 Å². The molecule has 1 aliphatic rings.